The van der Waals surface area contributed by atoms with E-state index in [0.717, 1.165) is 23.9 Å². The molecule has 3 aromatic rings. The van der Waals surface area contributed by atoms with Crippen LogP contribution in [0.15, 0.2) is 52.2 Å². The number of thioether (sulfide) groups is 1. The van der Waals surface area contributed by atoms with E-state index < -0.39 is 6.36 Å². The second kappa shape index (κ2) is 8.33. The molecule has 0 saturated heterocycles. The van der Waals surface area contributed by atoms with Gasteiger partial charge in [0.05, 0.1) is 23.7 Å². The molecular weight excluding hydrogens is 399 g/mol. The van der Waals surface area contributed by atoms with Crippen LogP contribution in [-0.4, -0.2) is 38.2 Å². The quantitative estimate of drug-likeness (QED) is 0.595. The number of carbonyl (C=O) groups excluding carboxylic acids is 1. The average Bonchev–Trinajstić information content (AvgIpc) is 3.31. The lowest BCUT2D eigenvalue weighted by atomic mass is 10.2. The molecule has 0 unspecified atom stereocenters. The average molecular weight is 413 g/mol. The topological polar surface area (TPSA) is 95.1 Å². The normalized spacial score (nSPS) is 12.6. The van der Waals surface area contributed by atoms with Gasteiger partial charge in [-0.25, -0.2) is 0 Å². The van der Waals surface area contributed by atoms with Crippen molar-refractivity contribution in [2.45, 2.75) is 24.5 Å². The first kappa shape index (κ1) is 19.7. The van der Waals surface area contributed by atoms with Gasteiger partial charge in [-0.3, -0.25) is 4.79 Å². The van der Waals surface area contributed by atoms with Gasteiger partial charge in [0.25, 0.3) is 0 Å². The summed E-state index contributed by atoms with van der Waals surface area (Å²) in [6, 6.07) is 8.24. The first-order chi connectivity index (χ1) is 13.3. The third-order valence-electron chi connectivity index (χ3n) is 3.44. The zero-order chi connectivity index (χ0) is 20.1. The third-order valence-corrected chi connectivity index (χ3v) is 4.35. The van der Waals surface area contributed by atoms with Gasteiger partial charge in [-0.1, -0.05) is 11.8 Å². The van der Waals surface area contributed by atoms with E-state index in [-0.39, 0.29) is 23.5 Å². The number of hydrogen-bond donors (Lipinski definition) is 1. The van der Waals surface area contributed by atoms with Crippen molar-refractivity contribution < 1.29 is 27.1 Å². The van der Waals surface area contributed by atoms with Crippen molar-refractivity contribution in [2.75, 3.05) is 5.75 Å². The summed E-state index contributed by atoms with van der Waals surface area (Å²) in [6.07, 6.45) is -3.25. The molecule has 0 aliphatic rings. The van der Waals surface area contributed by atoms with E-state index >= 15 is 0 Å². The van der Waals surface area contributed by atoms with Crippen LogP contribution in [0.5, 0.6) is 5.75 Å². The number of nitrogens with zero attached hydrogens (tertiary/aromatic N) is 4. The highest BCUT2D eigenvalue weighted by molar-refractivity contribution is 7.99. The van der Waals surface area contributed by atoms with Gasteiger partial charge in [0, 0.05) is 0 Å². The van der Waals surface area contributed by atoms with Crippen molar-refractivity contribution in [2.24, 2.45) is 0 Å². The van der Waals surface area contributed by atoms with Crippen LogP contribution >= 0.6 is 11.8 Å². The van der Waals surface area contributed by atoms with Crippen LogP contribution in [0.2, 0.25) is 0 Å². The van der Waals surface area contributed by atoms with Gasteiger partial charge in [0.15, 0.2) is 0 Å². The van der Waals surface area contributed by atoms with E-state index in [1.54, 1.807) is 19.1 Å². The lowest BCUT2D eigenvalue weighted by Gasteiger charge is -2.11. The summed E-state index contributed by atoms with van der Waals surface area (Å²) < 4.78 is 47.0. The number of carbonyl (C=O) groups is 1. The van der Waals surface area contributed by atoms with Gasteiger partial charge in [-0.05, 0) is 53.7 Å². The van der Waals surface area contributed by atoms with Gasteiger partial charge < -0.3 is 14.5 Å². The van der Waals surface area contributed by atoms with Crippen LogP contribution in [0.3, 0.4) is 0 Å². The van der Waals surface area contributed by atoms with E-state index in [4.69, 9.17) is 4.42 Å². The minimum atomic E-state index is -4.77. The molecule has 0 radical (unpaired) electrons. The Labute approximate surface area is 161 Å². The Kier molecular flexibility index (Phi) is 5.87. The molecule has 8 nitrogen and oxygen atoms in total. The van der Waals surface area contributed by atoms with E-state index in [0.29, 0.717) is 16.6 Å². The summed E-state index contributed by atoms with van der Waals surface area (Å²) in [4.78, 5) is 12.1. The summed E-state index contributed by atoms with van der Waals surface area (Å²) in [7, 11) is 0. The Morgan fingerprint density at radius 3 is 2.71 bits per heavy atom. The molecule has 2 heterocycles. The Balaban J connectivity index is 1.60. The Morgan fingerprint density at radius 1 is 1.32 bits per heavy atom. The lowest BCUT2D eigenvalue weighted by molar-refractivity contribution is -0.274. The number of amides is 1. The molecule has 0 saturated carbocycles. The fourth-order valence-electron chi connectivity index (χ4n) is 2.24. The second-order valence-corrected chi connectivity index (χ2v) is 6.45. The Hall–Kier alpha value is -3.02. The number of hydrogen-bond acceptors (Lipinski definition) is 7. The Morgan fingerprint density at radius 2 is 2.07 bits per heavy atom. The predicted octanol–water partition coefficient (Wildman–Crippen LogP) is 3.12. The molecule has 12 heteroatoms. The van der Waals surface area contributed by atoms with Crippen LogP contribution < -0.4 is 10.1 Å². The molecule has 1 amide bonds. The summed E-state index contributed by atoms with van der Waals surface area (Å²) in [6.45, 7) is 1.79. The maximum atomic E-state index is 12.2. The summed E-state index contributed by atoms with van der Waals surface area (Å²) in [5, 5.41) is 14.3. The first-order valence-corrected chi connectivity index (χ1v) is 8.90. The predicted molar refractivity (Wildman–Crippen MR) is 91.8 cm³/mol. The van der Waals surface area contributed by atoms with Crippen LogP contribution in [0.25, 0.3) is 5.69 Å². The number of rotatable bonds is 7. The van der Waals surface area contributed by atoms with E-state index in [1.807, 2.05) is 0 Å². The zero-order valence-corrected chi connectivity index (χ0v) is 15.2. The van der Waals surface area contributed by atoms with E-state index in [1.165, 1.54) is 23.1 Å². The molecule has 1 N–H and O–H groups in total. The SMILES string of the molecule is C[C@H](NC(=O)CSc1nnnn1-c1ccc(OC(F)(F)F)cc1)c1ccco1. The minimum absolute atomic E-state index is 0.0424. The van der Waals surface area contributed by atoms with Crippen LogP contribution in [0.4, 0.5) is 13.2 Å². The highest BCUT2D eigenvalue weighted by Gasteiger charge is 2.31. The number of tetrazole rings is 1. The maximum Gasteiger partial charge on any atom is 0.573 e. The molecule has 148 valence electrons. The van der Waals surface area contributed by atoms with Gasteiger partial charge in [-0.15, -0.1) is 18.3 Å². The highest BCUT2D eigenvalue weighted by atomic mass is 32.2. The summed E-state index contributed by atoms with van der Waals surface area (Å²) >= 11 is 1.08. The van der Waals surface area contributed by atoms with Gasteiger partial charge in [0.2, 0.25) is 11.1 Å². The Bertz CT molecular complexity index is 913. The van der Waals surface area contributed by atoms with Crippen molar-refractivity contribution in [3.8, 4) is 11.4 Å². The molecule has 0 bridgehead atoms. The zero-order valence-electron chi connectivity index (χ0n) is 14.4. The van der Waals surface area contributed by atoms with Crippen molar-refractivity contribution in [1.29, 1.82) is 0 Å². The van der Waals surface area contributed by atoms with Crippen molar-refractivity contribution in [3.63, 3.8) is 0 Å². The maximum absolute atomic E-state index is 12.2. The molecule has 1 aromatic carbocycles. The fourth-order valence-corrected chi connectivity index (χ4v) is 2.94. The standard InChI is InChI=1S/C16H14F3N5O3S/c1-10(13-3-2-8-26-13)20-14(25)9-28-15-21-22-23-24(15)11-4-6-12(7-5-11)27-16(17,18)19/h2-8,10H,9H2,1H3,(H,20,25)/t10-/m0/s1. The van der Waals surface area contributed by atoms with Crippen molar-refractivity contribution in [1.82, 2.24) is 25.5 Å². The van der Waals surface area contributed by atoms with E-state index in [9.17, 15) is 18.0 Å². The van der Waals surface area contributed by atoms with Crippen molar-refractivity contribution in [3.05, 3.63) is 48.4 Å². The number of ether oxygens (including phenoxy) is 1. The highest BCUT2D eigenvalue weighted by Crippen LogP contribution is 2.25. The van der Waals surface area contributed by atoms with E-state index in [2.05, 4.69) is 25.6 Å². The monoisotopic (exact) mass is 413 g/mol. The van der Waals surface area contributed by atoms with Crippen LogP contribution in [0.1, 0.15) is 18.7 Å². The van der Waals surface area contributed by atoms with Crippen molar-refractivity contribution >= 4 is 17.7 Å². The molecule has 28 heavy (non-hydrogen) atoms. The molecule has 1 atom stereocenters. The summed E-state index contributed by atoms with van der Waals surface area (Å²) in [5.41, 5.74) is 0.423. The second-order valence-electron chi connectivity index (χ2n) is 5.51. The minimum Gasteiger partial charge on any atom is -0.467 e. The number of nitrogens with one attached hydrogen (secondary N) is 1. The van der Waals surface area contributed by atoms with Crippen LogP contribution in [-0.2, 0) is 4.79 Å². The molecule has 0 fully saturated rings. The number of alkyl halides is 3. The summed E-state index contributed by atoms with van der Waals surface area (Å²) in [5.74, 6) is 0.0623. The third kappa shape index (κ3) is 5.25. The smallest absolute Gasteiger partial charge is 0.467 e. The first-order valence-electron chi connectivity index (χ1n) is 7.92. The largest absolute Gasteiger partial charge is 0.573 e. The van der Waals surface area contributed by atoms with Gasteiger partial charge in [-0.2, -0.15) is 4.68 Å². The van der Waals surface area contributed by atoms with Gasteiger partial charge >= 0.3 is 6.36 Å². The number of halogens is 3. The lowest BCUT2D eigenvalue weighted by Crippen LogP contribution is -2.28. The molecule has 0 spiro atoms. The molecule has 0 aliphatic heterocycles. The molecule has 2 aromatic heterocycles. The number of aromatic nitrogens is 4. The molecule has 0 aliphatic carbocycles. The fraction of sp³-hybridized carbons (Fsp3) is 0.250. The number of furan rings is 1. The molecular formula is C16H14F3N5O3S. The molecule has 3 rings (SSSR count). The number of benzene rings is 1. The van der Waals surface area contributed by atoms with Gasteiger partial charge in [0.1, 0.15) is 11.5 Å². The van der Waals surface area contributed by atoms with Crippen LogP contribution in [0, 0.1) is 0 Å².